The van der Waals surface area contributed by atoms with Gasteiger partial charge >= 0.3 is 0 Å². The Morgan fingerprint density at radius 3 is 2.31 bits per heavy atom. The Kier molecular flexibility index (Phi) is 10.8. The average Bonchev–Trinajstić information content (AvgIpc) is 2.57. The number of nitrogens with one attached hydrogen (secondary N) is 1. The molecule has 0 aromatic rings. The maximum Gasteiger partial charge on any atom is 0.220 e. The fraction of sp³-hybridized carbons (Fsp3) is 0.895. The molecule has 2 aliphatic rings. The Hall–Kier alpha value is -0.570. The highest BCUT2D eigenvalue weighted by Gasteiger charge is 2.24. The monoisotopic (exact) mass is 479 g/mol. The zero-order valence-electron chi connectivity index (χ0n) is 16.7. The molecule has 2 saturated heterocycles. The molecule has 6 nitrogen and oxygen atoms in total. The second-order valence-electron chi connectivity index (χ2n) is 8.05. The first kappa shape index (κ1) is 23.5. The third-order valence-corrected chi connectivity index (χ3v) is 5.55. The van der Waals surface area contributed by atoms with Gasteiger partial charge in [0.1, 0.15) is 0 Å². The molecule has 0 aromatic carbocycles. The summed E-state index contributed by atoms with van der Waals surface area (Å²) in [6, 6.07) is 0. The number of primary amides is 1. The number of piperidine rings is 2. The molecule has 2 heterocycles. The average molecular weight is 479 g/mol. The zero-order chi connectivity index (χ0) is 18.2. The van der Waals surface area contributed by atoms with Crippen molar-refractivity contribution in [2.24, 2.45) is 28.5 Å². The molecule has 0 aliphatic carbocycles. The number of nitrogens with two attached hydrogens (primary N) is 1. The van der Waals surface area contributed by atoms with Gasteiger partial charge in [-0.3, -0.25) is 9.79 Å². The Labute approximate surface area is 176 Å². The number of carbonyl (C=O) groups excluding carboxylic acids is 1. The van der Waals surface area contributed by atoms with Crippen LogP contribution in [-0.2, 0) is 4.79 Å². The maximum absolute atomic E-state index is 11.2. The smallest absolute Gasteiger partial charge is 0.220 e. The molecular formula is C19H38IN5O. The number of unbranched alkanes of at least 4 members (excludes halogenated alkanes) is 1. The first-order chi connectivity index (χ1) is 12.0. The van der Waals surface area contributed by atoms with Gasteiger partial charge in [-0.15, -0.1) is 24.0 Å². The molecule has 7 heteroatoms. The number of amides is 1. The van der Waals surface area contributed by atoms with Crippen LogP contribution >= 0.6 is 24.0 Å². The molecule has 2 fully saturated rings. The van der Waals surface area contributed by atoms with Gasteiger partial charge in [0.05, 0.1) is 0 Å². The van der Waals surface area contributed by atoms with Gasteiger partial charge in [-0.25, -0.2) is 0 Å². The largest absolute Gasteiger partial charge is 0.369 e. The summed E-state index contributed by atoms with van der Waals surface area (Å²) in [5.41, 5.74) is 5.39. The minimum atomic E-state index is -0.128. The molecule has 26 heavy (non-hydrogen) atoms. The van der Waals surface area contributed by atoms with Crippen LogP contribution in [0.5, 0.6) is 0 Å². The number of hydrogen-bond donors (Lipinski definition) is 2. The molecule has 0 radical (unpaired) electrons. The third kappa shape index (κ3) is 7.58. The predicted molar refractivity (Wildman–Crippen MR) is 119 cm³/mol. The number of rotatable bonds is 6. The number of halogens is 1. The highest BCUT2D eigenvalue weighted by molar-refractivity contribution is 14.0. The van der Waals surface area contributed by atoms with E-state index in [9.17, 15) is 4.79 Å². The summed E-state index contributed by atoms with van der Waals surface area (Å²) >= 11 is 0. The number of hydrogen-bond acceptors (Lipinski definition) is 3. The molecular weight excluding hydrogens is 441 g/mol. The van der Waals surface area contributed by atoms with Crippen molar-refractivity contribution in [3.05, 3.63) is 0 Å². The van der Waals surface area contributed by atoms with Crippen LogP contribution in [-0.4, -0.2) is 68.0 Å². The van der Waals surface area contributed by atoms with Crippen LogP contribution in [0.4, 0.5) is 0 Å². The van der Waals surface area contributed by atoms with Crippen molar-refractivity contribution in [2.45, 2.75) is 46.0 Å². The standard InChI is InChI=1S/C19H37N5O.HI/c1-15-12-16(2)14-24(13-15)19(21-3)22-8-4-5-9-23-10-6-17(7-11-23)18(20)25;/h15-17H,4-14H2,1-3H3,(H2,20,25)(H,21,22);1H. The quantitative estimate of drug-likeness (QED) is 0.265. The van der Waals surface area contributed by atoms with E-state index in [2.05, 4.69) is 34.0 Å². The van der Waals surface area contributed by atoms with Gasteiger partial charge in [0.25, 0.3) is 0 Å². The normalized spacial score (nSPS) is 25.7. The van der Waals surface area contributed by atoms with Gasteiger partial charge in [0.2, 0.25) is 5.91 Å². The van der Waals surface area contributed by atoms with E-state index in [0.717, 1.165) is 76.3 Å². The molecule has 2 rings (SSSR count). The van der Waals surface area contributed by atoms with E-state index in [1.807, 2.05) is 7.05 Å². The molecule has 1 amide bonds. The summed E-state index contributed by atoms with van der Waals surface area (Å²) in [7, 11) is 1.88. The Balaban J connectivity index is 0.00000338. The summed E-state index contributed by atoms with van der Waals surface area (Å²) in [5, 5.41) is 3.54. The predicted octanol–water partition coefficient (Wildman–Crippen LogP) is 2.14. The lowest BCUT2D eigenvalue weighted by Crippen LogP contribution is -2.48. The van der Waals surface area contributed by atoms with Crippen molar-refractivity contribution in [3.8, 4) is 0 Å². The summed E-state index contributed by atoms with van der Waals surface area (Å²) in [6.45, 7) is 11.0. The number of likely N-dealkylation sites (tertiary alicyclic amines) is 2. The van der Waals surface area contributed by atoms with Crippen molar-refractivity contribution in [1.82, 2.24) is 15.1 Å². The lowest BCUT2D eigenvalue weighted by Gasteiger charge is -2.37. The first-order valence-electron chi connectivity index (χ1n) is 9.96. The molecule has 0 aromatic heterocycles. The van der Waals surface area contributed by atoms with Crippen LogP contribution in [0.15, 0.2) is 4.99 Å². The lowest BCUT2D eigenvalue weighted by atomic mass is 9.92. The van der Waals surface area contributed by atoms with Crippen LogP contribution in [0.1, 0.15) is 46.0 Å². The number of carbonyl (C=O) groups is 1. The van der Waals surface area contributed by atoms with Crippen molar-refractivity contribution >= 4 is 35.8 Å². The SMILES string of the molecule is CN=C(NCCCCN1CCC(C(N)=O)CC1)N1CC(C)CC(C)C1.I. The van der Waals surface area contributed by atoms with E-state index in [0.29, 0.717) is 0 Å². The van der Waals surface area contributed by atoms with Gasteiger partial charge in [-0.2, -0.15) is 0 Å². The van der Waals surface area contributed by atoms with Crippen molar-refractivity contribution < 1.29 is 4.79 Å². The van der Waals surface area contributed by atoms with Crippen molar-refractivity contribution in [1.29, 1.82) is 0 Å². The van der Waals surface area contributed by atoms with Gasteiger partial charge in [-0.1, -0.05) is 13.8 Å². The van der Waals surface area contributed by atoms with E-state index in [1.54, 1.807) is 0 Å². The van der Waals surface area contributed by atoms with Crippen molar-refractivity contribution in [3.63, 3.8) is 0 Å². The van der Waals surface area contributed by atoms with Crippen LogP contribution in [0, 0.1) is 17.8 Å². The molecule has 0 spiro atoms. The molecule has 2 unspecified atom stereocenters. The van der Waals surface area contributed by atoms with E-state index in [-0.39, 0.29) is 35.8 Å². The minimum Gasteiger partial charge on any atom is -0.369 e. The van der Waals surface area contributed by atoms with Gasteiger partial charge < -0.3 is 20.9 Å². The first-order valence-corrected chi connectivity index (χ1v) is 9.96. The number of nitrogens with zero attached hydrogens (tertiary/aromatic N) is 3. The van der Waals surface area contributed by atoms with E-state index in [4.69, 9.17) is 5.73 Å². The topological polar surface area (TPSA) is 74.0 Å². The molecule has 3 N–H and O–H groups in total. The fourth-order valence-electron chi connectivity index (χ4n) is 4.27. The fourth-order valence-corrected chi connectivity index (χ4v) is 4.27. The molecule has 0 saturated carbocycles. The maximum atomic E-state index is 11.2. The van der Waals surface area contributed by atoms with Gasteiger partial charge in [-0.05, 0) is 63.6 Å². The van der Waals surface area contributed by atoms with E-state index >= 15 is 0 Å². The second kappa shape index (κ2) is 12.0. The lowest BCUT2D eigenvalue weighted by molar-refractivity contribution is -0.123. The van der Waals surface area contributed by atoms with Crippen LogP contribution in [0.2, 0.25) is 0 Å². The minimum absolute atomic E-state index is 0. The Morgan fingerprint density at radius 2 is 1.77 bits per heavy atom. The van der Waals surface area contributed by atoms with Crippen LogP contribution in [0.3, 0.4) is 0 Å². The second-order valence-corrected chi connectivity index (χ2v) is 8.05. The summed E-state index contributed by atoms with van der Waals surface area (Å²) in [5.74, 6) is 2.50. The van der Waals surface area contributed by atoms with Gasteiger partial charge in [0.15, 0.2) is 5.96 Å². The highest BCUT2D eigenvalue weighted by Crippen LogP contribution is 2.21. The number of guanidine groups is 1. The van der Waals surface area contributed by atoms with E-state index < -0.39 is 0 Å². The Bertz CT molecular complexity index is 441. The zero-order valence-corrected chi connectivity index (χ0v) is 19.1. The highest BCUT2D eigenvalue weighted by atomic mass is 127. The third-order valence-electron chi connectivity index (χ3n) is 5.55. The molecule has 152 valence electrons. The molecule has 2 aliphatic heterocycles. The van der Waals surface area contributed by atoms with Crippen LogP contribution in [0.25, 0.3) is 0 Å². The molecule has 0 bridgehead atoms. The summed E-state index contributed by atoms with van der Waals surface area (Å²) < 4.78 is 0. The van der Waals surface area contributed by atoms with Crippen molar-refractivity contribution in [2.75, 3.05) is 46.3 Å². The number of aliphatic imine (C=N–C) groups is 1. The molecule has 2 atom stereocenters. The van der Waals surface area contributed by atoms with Crippen LogP contribution < -0.4 is 11.1 Å². The summed E-state index contributed by atoms with van der Waals surface area (Å²) in [4.78, 5) is 20.5. The van der Waals surface area contributed by atoms with Gasteiger partial charge in [0, 0.05) is 32.6 Å². The Morgan fingerprint density at radius 1 is 1.15 bits per heavy atom. The van der Waals surface area contributed by atoms with E-state index in [1.165, 1.54) is 12.8 Å². The summed E-state index contributed by atoms with van der Waals surface area (Å²) in [6.07, 6.45) is 5.49.